The van der Waals surface area contributed by atoms with Crippen molar-refractivity contribution in [3.63, 3.8) is 0 Å². The maximum absolute atomic E-state index is 13.8. The Bertz CT molecular complexity index is 371. The van der Waals surface area contributed by atoms with Crippen LogP contribution in [0.5, 0.6) is 5.75 Å². The van der Waals surface area contributed by atoms with E-state index in [1.165, 1.54) is 12.1 Å². The minimum Gasteiger partial charge on any atom is -0.482 e. The van der Waals surface area contributed by atoms with E-state index in [-0.39, 0.29) is 11.7 Å². The van der Waals surface area contributed by atoms with Crippen LogP contribution in [-0.4, -0.2) is 5.60 Å². The molecule has 0 amide bonds. The molecule has 0 radical (unpaired) electrons. The Hall–Kier alpha value is -1.12. The maximum Gasteiger partial charge on any atom is 0.191 e. The summed E-state index contributed by atoms with van der Waals surface area (Å²) in [4.78, 5) is 0. The van der Waals surface area contributed by atoms with Gasteiger partial charge in [0, 0.05) is 0 Å². The average molecular weight is 242 g/mol. The molecule has 1 nitrogen and oxygen atoms in total. The molecule has 0 N–H and O–H groups in total. The van der Waals surface area contributed by atoms with Gasteiger partial charge in [-0.2, -0.15) is 0 Å². The second-order valence-corrected chi connectivity index (χ2v) is 5.34. The first-order valence-electron chi connectivity index (χ1n) is 5.92. The van der Waals surface area contributed by atoms with Gasteiger partial charge in [-0.15, -0.1) is 0 Å². The molecule has 1 aromatic carbocycles. The fraction of sp³-hybridized carbons (Fsp3) is 0.571. The van der Waals surface area contributed by atoms with Crippen molar-refractivity contribution in [2.75, 3.05) is 0 Å². The van der Waals surface area contributed by atoms with Gasteiger partial charge in [0.25, 0.3) is 0 Å². The van der Waals surface area contributed by atoms with Crippen LogP contribution in [0.1, 0.15) is 52.5 Å². The predicted octanol–water partition coefficient (Wildman–Crippen LogP) is 4.66. The second kappa shape index (κ2) is 5.03. The van der Waals surface area contributed by atoms with Gasteiger partial charge in [-0.05, 0) is 50.8 Å². The summed E-state index contributed by atoms with van der Waals surface area (Å²) in [7, 11) is 0. The summed E-state index contributed by atoms with van der Waals surface area (Å²) in [6, 6.07) is 2.72. The molecule has 0 heterocycles. The molecule has 0 aliphatic rings. The van der Waals surface area contributed by atoms with Crippen molar-refractivity contribution in [1.29, 1.82) is 0 Å². The standard InChI is InChI=1S/C14H20F2O/c1-6-9(2)10-7-11(15)13(12(16)8-10)17-14(3,4)5/h7-9H,6H2,1-5H3. The Morgan fingerprint density at radius 1 is 1.18 bits per heavy atom. The van der Waals surface area contributed by atoms with Crippen LogP contribution in [0, 0.1) is 11.6 Å². The number of benzene rings is 1. The zero-order valence-electron chi connectivity index (χ0n) is 11.1. The van der Waals surface area contributed by atoms with Crippen LogP contribution in [0.25, 0.3) is 0 Å². The second-order valence-electron chi connectivity index (χ2n) is 5.34. The Morgan fingerprint density at radius 3 is 2.00 bits per heavy atom. The molecule has 0 saturated heterocycles. The Morgan fingerprint density at radius 2 is 1.65 bits per heavy atom. The first kappa shape index (κ1) is 13.9. The van der Waals surface area contributed by atoms with Crippen molar-refractivity contribution >= 4 is 0 Å². The molecule has 1 unspecified atom stereocenters. The molecule has 1 atom stereocenters. The molecule has 0 saturated carbocycles. The fourth-order valence-corrected chi connectivity index (χ4v) is 1.50. The smallest absolute Gasteiger partial charge is 0.191 e. The van der Waals surface area contributed by atoms with Crippen LogP contribution in [0.15, 0.2) is 12.1 Å². The molecule has 0 aliphatic carbocycles. The molecule has 0 aliphatic heterocycles. The molecule has 96 valence electrons. The van der Waals surface area contributed by atoms with E-state index in [0.29, 0.717) is 5.56 Å². The van der Waals surface area contributed by atoms with Gasteiger partial charge in [0.2, 0.25) is 0 Å². The average Bonchev–Trinajstić information content (AvgIpc) is 2.20. The van der Waals surface area contributed by atoms with E-state index < -0.39 is 17.2 Å². The molecule has 17 heavy (non-hydrogen) atoms. The SMILES string of the molecule is CCC(C)c1cc(F)c(OC(C)(C)C)c(F)c1. The highest BCUT2D eigenvalue weighted by atomic mass is 19.1. The molecule has 0 aromatic heterocycles. The first-order valence-corrected chi connectivity index (χ1v) is 5.92. The minimum absolute atomic E-state index is 0.141. The van der Waals surface area contributed by atoms with Crippen molar-refractivity contribution in [2.45, 2.75) is 52.6 Å². The summed E-state index contributed by atoms with van der Waals surface area (Å²) in [5.41, 5.74) is 0.0586. The summed E-state index contributed by atoms with van der Waals surface area (Å²) in [6.45, 7) is 9.20. The van der Waals surface area contributed by atoms with Gasteiger partial charge in [-0.25, -0.2) is 8.78 Å². The zero-order chi connectivity index (χ0) is 13.2. The lowest BCUT2D eigenvalue weighted by Crippen LogP contribution is -2.24. The third-order valence-corrected chi connectivity index (χ3v) is 2.61. The van der Waals surface area contributed by atoms with Crippen molar-refractivity contribution in [3.05, 3.63) is 29.3 Å². The molecular formula is C14H20F2O. The highest BCUT2D eigenvalue weighted by Crippen LogP contribution is 2.30. The number of hydrogen-bond donors (Lipinski definition) is 0. The van der Waals surface area contributed by atoms with E-state index in [9.17, 15) is 8.78 Å². The van der Waals surface area contributed by atoms with E-state index in [1.54, 1.807) is 20.8 Å². The van der Waals surface area contributed by atoms with E-state index in [4.69, 9.17) is 4.74 Å². The van der Waals surface area contributed by atoms with Crippen LogP contribution in [-0.2, 0) is 0 Å². The summed E-state index contributed by atoms with van der Waals surface area (Å²) in [5, 5.41) is 0. The van der Waals surface area contributed by atoms with Crippen LogP contribution in [0.4, 0.5) is 8.78 Å². The third-order valence-electron chi connectivity index (χ3n) is 2.61. The van der Waals surface area contributed by atoms with Crippen molar-refractivity contribution in [1.82, 2.24) is 0 Å². The van der Waals surface area contributed by atoms with Gasteiger partial charge in [0.05, 0.1) is 0 Å². The van der Waals surface area contributed by atoms with Crippen molar-refractivity contribution in [2.24, 2.45) is 0 Å². The van der Waals surface area contributed by atoms with E-state index in [0.717, 1.165) is 6.42 Å². The molecule has 0 fully saturated rings. The Labute approximate surface area is 102 Å². The lowest BCUT2D eigenvalue weighted by molar-refractivity contribution is 0.117. The summed E-state index contributed by atoms with van der Waals surface area (Å²) in [6.07, 6.45) is 0.846. The van der Waals surface area contributed by atoms with Crippen molar-refractivity contribution in [3.8, 4) is 5.75 Å². The summed E-state index contributed by atoms with van der Waals surface area (Å²) < 4.78 is 32.8. The predicted molar refractivity (Wildman–Crippen MR) is 65.4 cm³/mol. The molecule has 1 aromatic rings. The molecule has 3 heteroatoms. The van der Waals surface area contributed by atoms with Crippen LogP contribution in [0.3, 0.4) is 0 Å². The molecule has 0 spiro atoms. The van der Waals surface area contributed by atoms with Gasteiger partial charge in [0.1, 0.15) is 5.60 Å². The summed E-state index contributed by atoms with van der Waals surface area (Å²) in [5.74, 6) is -1.40. The molecule has 1 rings (SSSR count). The topological polar surface area (TPSA) is 9.23 Å². The molecular weight excluding hydrogens is 222 g/mol. The maximum atomic E-state index is 13.8. The van der Waals surface area contributed by atoms with Gasteiger partial charge >= 0.3 is 0 Å². The first-order chi connectivity index (χ1) is 7.74. The van der Waals surface area contributed by atoms with Crippen LogP contribution < -0.4 is 4.74 Å². The van der Waals surface area contributed by atoms with Crippen LogP contribution in [0.2, 0.25) is 0 Å². The number of ether oxygens (including phenoxy) is 1. The number of rotatable bonds is 3. The minimum atomic E-state index is -0.629. The fourth-order valence-electron chi connectivity index (χ4n) is 1.50. The third kappa shape index (κ3) is 3.69. The number of hydrogen-bond acceptors (Lipinski definition) is 1. The van der Waals surface area contributed by atoms with Gasteiger partial charge in [-0.1, -0.05) is 13.8 Å². The van der Waals surface area contributed by atoms with E-state index >= 15 is 0 Å². The quantitative estimate of drug-likeness (QED) is 0.749. The number of halogens is 2. The van der Waals surface area contributed by atoms with Gasteiger partial charge < -0.3 is 4.74 Å². The van der Waals surface area contributed by atoms with E-state index in [2.05, 4.69) is 0 Å². The largest absolute Gasteiger partial charge is 0.482 e. The normalized spacial score (nSPS) is 13.6. The lowest BCUT2D eigenvalue weighted by Gasteiger charge is -2.22. The van der Waals surface area contributed by atoms with Gasteiger partial charge in [0.15, 0.2) is 17.4 Å². The highest BCUT2D eigenvalue weighted by Gasteiger charge is 2.20. The summed E-state index contributed by atoms with van der Waals surface area (Å²) >= 11 is 0. The van der Waals surface area contributed by atoms with Gasteiger partial charge in [-0.3, -0.25) is 0 Å². The van der Waals surface area contributed by atoms with Crippen LogP contribution >= 0.6 is 0 Å². The molecule has 0 bridgehead atoms. The lowest BCUT2D eigenvalue weighted by atomic mass is 9.98. The van der Waals surface area contributed by atoms with Crippen molar-refractivity contribution < 1.29 is 13.5 Å². The Kier molecular flexibility index (Phi) is 4.12. The van der Waals surface area contributed by atoms with E-state index in [1.807, 2.05) is 13.8 Å². The highest BCUT2D eigenvalue weighted by molar-refractivity contribution is 5.33. The monoisotopic (exact) mass is 242 g/mol. The Balaban J connectivity index is 3.11. The zero-order valence-corrected chi connectivity index (χ0v) is 11.1.